The van der Waals surface area contributed by atoms with E-state index >= 15 is 0 Å². The third-order valence-corrected chi connectivity index (χ3v) is 3.36. The zero-order valence-electron chi connectivity index (χ0n) is 15.1. The van der Waals surface area contributed by atoms with Crippen molar-refractivity contribution >= 4 is 11.9 Å². The van der Waals surface area contributed by atoms with Gasteiger partial charge in [0.05, 0.1) is 27.2 Å². The second kappa shape index (κ2) is 9.80. The Balaban J connectivity index is 2.96. The van der Waals surface area contributed by atoms with Crippen LogP contribution < -0.4 is 9.47 Å². The first-order valence-electron chi connectivity index (χ1n) is 8.09. The van der Waals surface area contributed by atoms with Gasteiger partial charge in [-0.2, -0.15) is 0 Å². The van der Waals surface area contributed by atoms with Gasteiger partial charge in [-0.3, -0.25) is 9.59 Å². The number of ether oxygens (including phenoxy) is 3. The van der Waals surface area contributed by atoms with Gasteiger partial charge in [0.15, 0.2) is 0 Å². The molecule has 0 bridgehead atoms. The highest BCUT2D eigenvalue weighted by molar-refractivity contribution is 5.95. The van der Waals surface area contributed by atoms with E-state index in [-0.39, 0.29) is 24.2 Å². The molecule has 0 heterocycles. The molecule has 0 unspecified atom stereocenters. The molecule has 0 aromatic heterocycles. The Kier molecular flexibility index (Phi) is 8.09. The van der Waals surface area contributed by atoms with Crippen LogP contribution in [0, 0.1) is 5.92 Å². The summed E-state index contributed by atoms with van der Waals surface area (Å²) in [6.07, 6.45) is 0.174. The Hall–Kier alpha value is -2.24. The third-order valence-electron chi connectivity index (χ3n) is 3.36. The van der Waals surface area contributed by atoms with Crippen LogP contribution >= 0.6 is 0 Å². The number of methoxy groups -OCH3 is 2. The molecule has 6 nitrogen and oxygen atoms in total. The van der Waals surface area contributed by atoms with Crippen molar-refractivity contribution in [3.63, 3.8) is 0 Å². The largest absolute Gasteiger partial charge is 0.497 e. The maximum atomic E-state index is 12.8. The van der Waals surface area contributed by atoms with E-state index in [0.717, 1.165) is 0 Å². The number of carbonyl (C=O) groups is 2. The van der Waals surface area contributed by atoms with Crippen LogP contribution in [0.25, 0.3) is 0 Å². The first-order chi connectivity index (χ1) is 11.4. The molecule has 1 rings (SSSR count). The summed E-state index contributed by atoms with van der Waals surface area (Å²) in [5.41, 5.74) is 0.468. The zero-order chi connectivity index (χ0) is 18.1. The lowest BCUT2D eigenvalue weighted by Gasteiger charge is -2.24. The summed E-state index contributed by atoms with van der Waals surface area (Å²) < 4.78 is 15.4. The molecule has 1 aromatic rings. The summed E-state index contributed by atoms with van der Waals surface area (Å²) in [6.45, 7) is 7.02. The predicted octanol–water partition coefficient (Wildman–Crippen LogP) is 2.76. The highest BCUT2D eigenvalue weighted by Gasteiger charge is 2.20. The van der Waals surface area contributed by atoms with Gasteiger partial charge >= 0.3 is 5.97 Å². The van der Waals surface area contributed by atoms with E-state index in [1.807, 2.05) is 13.8 Å². The van der Waals surface area contributed by atoms with Crippen LogP contribution in [0.1, 0.15) is 37.6 Å². The fourth-order valence-electron chi connectivity index (χ4n) is 2.29. The van der Waals surface area contributed by atoms with E-state index in [9.17, 15) is 9.59 Å². The molecule has 0 spiro atoms. The maximum absolute atomic E-state index is 12.8. The second-order valence-electron chi connectivity index (χ2n) is 5.80. The number of benzene rings is 1. The van der Waals surface area contributed by atoms with Crippen molar-refractivity contribution in [3.05, 3.63) is 23.8 Å². The molecular weight excluding hydrogens is 310 g/mol. The number of esters is 1. The van der Waals surface area contributed by atoms with Crippen LogP contribution in [0.5, 0.6) is 11.5 Å². The smallest absolute Gasteiger partial charge is 0.307 e. The lowest BCUT2D eigenvalue weighted by atomic mass is 10.1. The first kappa shape index (κ1) is 19.8. The molecule has 1 aromatic carbocycles. The maximum Gasteiger partial charge on any atom is 0.307 e. The van der Waals surface area contributed by atoms with Crippen molar-refractivity contribution in [1.82, 2.24) is 4.90 Å². The SMILES string of the molecule is CCOC(=O)CCN(CC(C)C)C(=O)c1cc(OC)cc(OC)c1. The van der Waals surface area contributed by atoms with Crippen molar-refractivity contribution in [1.29, 1.82) is 0 Å². The van der Waals surface area contributed by atoms with Crippen molar-refractivity contribution < 1.29 is 23.8 Å². The Morgan fingerprint density at radius 1 is 1.08 bits per heavy atom. The van der Waals surface area contributed by atoms with Gasteiger partial charge in [0.2, 0.25) is 0 Å². The molecule has 6 heteroatoms. The van der Waals surface area contributed by atoms with E-state index in [2.05, 4.69) is 0 Å². The summed E-state index contributed by atoms with van der Waals surface area (Å²) >= 11 is 0. The minimum atomic E-state index is -0.303. The van der Waals surface area contributed by atoms with Crippen LogP contribution in [-0.4, -0.2) is 50.7 Å². The van der Waals surface area contributed by atoms with E-state index in [1.165, 1.54) is 14.2 Å². The standard InChI is InChI=1S/C18H27NO5/c1-6-24-17(20)7-8-19(12-13(2)3)18(21)14-9-15(22-4)11-16(10-14)23-5/h9-11,13H,6-8,12H2,1-5H3. The highest BCUT2D eigenvalue weighted by atomic mass is 16.5. The predicted molar refractivity (Wildman–Crippen MR) is 91.5 cm³/mol. The normalized spacial score (nSPS) is 10.4. The van der Waals surface area contributed by atoms with Gasteiger partial charge in [0, 0.05) is 24.7 Å². The lowest BCUT2D eigenvalue weighted by Crippen LogP contribution is -2.36. The monoisotopic (exact) mass is 337 g/mol. The fourth-order valence-corrected chi connectivity index (χ4v) is 2.29. The topological polar surface area (TPSA) is 65.1 Å². The molecule has 0 aliphatic heterocycles. The van der Waals surface area contributed by atoms with Crippen LogP contribution in [0.15, 0.2) is 18.2 Å². The lowest BCUT2D eigenvalue weighted by molar-refractivity contribution is -0.143. The molecule has 0 N–H and O–H groups in total. The van der Waals surface area contributed by atoms with Gasteiger partial charge in [-0.1, -0.05) is 13.8 Å². The summed E-state index contributed by atoms with van der Waals surface area (Å²) in [6, 6.07) is 5.05. The van der Waals surface area contributed by atoms with Crippen LogP contribution in [-0.2, 0) is 9.53 Å². The molecule has 0 aliphatic rings. The average molecular weight is 337 g/mol. The summed E-state index contributed by atoms with van der Waals surface area (Å²) in [5.74, 6) is 0.913. The number of hydrogen-bond acceptors (Lipinski definition) is 5. The Morgan fingerprint density at radius 2 is 1.67 bits per heavy atom. The number of hydrogen-bond donors (Lipinski definition) is 0. The van der Waals surface area contributed by atoms with E-state index in [4.69, 9.17) is 14.2 Å². The minimum absolute atomic E-state index is 0.162. The van der Waals surface area contributed by atoms with Gasteiger partial charge in [-0.25, -0.2) is 0 Å². The molecule has 1 amide bonds. The quantitative estimate of drug-likeness (QED) is 0.648. The minimum Gasteiger partial charge on any atom is -0.497 e. The van der Waals surface area contributed by atoms with Gasteiger partial charge in [-0.05, 0) is 25.0 Å². The molecule has 24 heavy (non-hydrogen) atoms. The number of carbonyl (C=O) groups excluding carboxylic acids is 2. The summed E-state index contributed by atoms with van der Waals surface area (Å²) in [5, 5.41) is 0. The van der Waals surface area contributed by atoms with Gasteiger partial charge in [0.1, 0.15) is 11.5 Å². The van der Waals surface area contributed by atoms with Crippen LogP contribution in [0.3, 0.4) is 0 Å². The molecule has 0 saturated heterocycles. The molecule has 0 atom stereocenters. The number of amides is 1. The van der Waals surface area contributed by atoms with E-state index < -0.39 is 0 Å². The zero-order valence-corrected chi connectivity index (χ0v) is 15.1. The van der Waals surface area contributed by atoms with Crippen molar-refractivity contribution in [2.24, 2.45) is 5.92 Å². The average Bonchev–Trinajstić information content (AvgIpc) is 2.57. The Morgan fingerprint density at radius 3 is 2.12 bits per heavy atom. The molecule has 0 saturated carbocycles. The molecule has 0 fully saturated rings. The van der Waals surface area contributed by atoms with Gasteiger partial charge < -0.3 is 19.1 Å². The van der Waals surface area contributed by atoms with Gasteiger partial charge in [-0.15, -0.1) is 0 Å². The summed E-state index contributed by atoms with van der Waals surface area (Å²) in [4.78, 5) is 26.1. The van der Waals surface area contributed by atoms with Crippen LogP contribution in [0.4, 0.5) is 0 Å². The van der Waals surface area contributed by atoms with E-state index in [1.54, 1.807) is 30.0 Å². The fraction of sp³-hybridized carbons (Fsp3) is 0.556. The highest BCUT2D eigenvalue weighted by Crippen LogP contribution is 2.23. The van der Waals surface area contributed by atoms with Crippen molar-refractivity contribution in [2.45, 2.75) is 27.2 Å². The number of nitrogens with zero attached hydrogens (tertiary/aromatic N) is 1. The van der Waals surface area contributed by atoms with Crippen LogP contribution in [0.2, 0.25) is 0 Å². The van der Waals surface area contributed by atoms with Crippen molar-refractivity contribution in [2.75, 3.05) is 33.9 Å². The molecule has 0 aliphatic carbocycles. The molecule has 0 radical (unpaired) electrons. The Labute approximate surface area is 143 Å². The second-order valence-corrected chi connectivity index (χ2v) is 5.80. The first-order valence-corrected chi connectivity index (χ1v) is 8.09. The van der Waals surface area contributed by atoms with E-state index in [0.29, 0.717) is 36.8 Å². The molecular formula is C18H27NO5. The van der Waals surface area contributed by atoms with Crippen molar-refractivity contribution in [3.8, 4) is 11.5 Å². The van der Waals surface area contributed by atoms with Gasteiger partial charge in [0.25, 0.3) is 5.91 Å². The molecule has 134 valence electrons. The summed E-state index contributed by atoms with van der Waals surface area (Å²) in [7, 11) is 3.07. The third kappa shape index (κ3) is 6.10. The Bertz CT molecular complexity index is 534. The number of rotatable bonds is 9.